The summed E-state index contributed by atoms with van der Waals surface area (Å²) in [5, 5.41) is 0. The quantitative estimate of drug-likeness (QED) is 0.412. The van der Waals surface area contributed by atoms with Crippen LogP contribution in [0.1, 0.15) is 6.92 Å². The maximum absolute atomic E-state index is 12.3. The normalized spacial score (nSPS) is 13.7. The van der Waals surface area contributed by atoms with Gasteiger partial charge in [0, 0.05) is 7.11 Å². The summed E-state index contributed by atoms with van der Waals surface area (Å²) in [6, 6.07) is 8.75. The average molecular weight is 272 g/mol. The molecule has 0 heterocycles. The predicted molar refractivity (Wildman–Crippen MR) is 68.4 cm³/mol. The molecule has 0 aliphatic carbocycles. The summed E-state index contributed by atoms with van der Waals surface area (Å²) >= 11 is 0. The van der Waals surface area contributed by atoms with Gasteiger partial charge in [-0.1, -0.05) is 24.8 Å². The number of para-hydroxylation sites is 1. The number of rotatable bonds is 8. The van der Waals surface area contributed by atoms with Gasteiger partial charge in [0.2, 0.25) is 0 Å². The Balaban J connectivity index is 2.62. The zero-order valence-electron chi connectivity index (χ0n) is 10.5. The lowest BCUT2D eigenvalue weighted by atomic mass is 10.3. The second kappa shape index (κ2) is 7.21. The van der Waals surface area contributed by atoms with Crippen LogP contribution in [0.3, 0.4) is 0 Å². The lowest BCUT2D eigenvalue weighted by Crippen LogP contribution is -2.06. The summed E-state index contributed by atoms with van der Waals surface area (Å²) in [7, 11) is -1.97. The van der Waals surface area contributed by atoms with E-state index in [2.05, 4.69) is 6.58 Å². The molecule has 0 N–H and O–H groups in total. The number of methoxy groups -OCH3 is 1. The van der Waals surface area contributed by atoms with Crippen molar-refractivity contribution in [3.8, 4) is 5.75 Å². The van der Waals surface area contributed by atoms with Gasteiger partial charge in [0.25, 0.3) is 0 Å². The third-order valence-electron chi connectivity index (χ3n) is 1.83. The fourth-order valence-electron chi connectivity index (χ4n) is 1.10. The molecule has 1 unspecified atom stereocenters. The second-order valence-corrected chi connectivity index (χ2v) is 5.45. The van der Waals surface area contributed by atoms with Crippen LogP contribution in [-0.4, -0.2) is 20.3 Å². The maximum atomic E-state index is 12.3. The molecule has 0 aliphatic heterocycles. The van der Waals surface area contributed by atoms with E-state index in [1.54, 1.807) is 31.2 Å². The van der Waals surface area contributed by atoms with Crippen LogP contribution in [0.15, 0.2) is 42.7 Å². The molecular weight excluding hydrogens is 255 g/mol. The highest BCUT2D eigenvalue weighted by atomic mass is 31.2. The summed E-state index contributed by atoms with van der Waals surface area (Å²) in [5.74, 6) is 0.923. The number of allylic oxidation sites excluding steroid dienone is 1. The molecule has 5 nitrogen and oxygen atoms in total. The van der Waals surface area contributed by atoms with Gasteiger partial charge in [-0.05, 0) is 19.1 Å². The molecule has 0 aliphatic rings. The van der Waals surface area contributed by atoms with Crippen LogP contribution < -0.4 is 4.52 Å². The molecular formula is C12H17O5P. The SMILES string of the molecule is C=C(C)OCOP(=O)(COC)Oc1ccccc1. The molecule has 1 rings (SSSR count). The van der Waals surface area contributed by atoms with E-state index in [0.717, 1.165) is 0 Å². The Labute approximate surface area is 107 Å². The van der Waals surface area contributed by atoms with E-state index in [9.17, 15) is 4.57 Å². The van der Waals surface area contributed by atoms with Crippen LogP contribution >= 0.6 is 7.60 Å². The van der Waals surface area contributed by atoms with E-state index in [0.29, 0.717) is 11.5 Å². The van der Waals surface area contributed by atoms with Crippen molar-refractivity contribution in [1.82, 2.24) is 0 Å². The smallest absolute Gasteiger partial charge is 0.407 e. The van der Waals surface area contributed by atoms with Crippen molar-refractivity contribution >= 4 is 7.60 Å². The lowest BCUT2D eigenvalue weighted by molar-refractivity contribution is 0.0491. The zero-order chi connectivity index (χ0) is 13.4. The number of benzene rings is 1. The van der Waals surface area contributed by atoms with Crippen molar-refractivity contribution in [1.29, 1.82) is 0 Å². The standard InChI is InChI=1S/C12H17O5P/c1-11(2)15-9-16-18(13,10-14-3)17-12-7-5-4-6-8-12/h4-8H,1,9-10H2,2-3H3. The van der Waals surface area contributed by atoms with Crippen LogP contribution in [0.5, 0.6) is 5.75 Å². The molecule has 1 atom stereocenters. The molecule has 1 aromatic rings. The van der Waals surface area contributed by atoms with Gasteiger partial charge in [0.1, 0.15) is 5.75 Å². The molecule has 0 aromatic heterocycles. The first-order valence-corrected chi connectivity index (χ1v) is 7.04. The van der Waals surface area contributed by atoms with Gasteiger partial charge in [-0.2, -0.15) is 0 Å². The fourth-order valence-corrected chi connectivity index (χ4v) is 2.25. The van der Waals surface area contributed by atoms with Crippen LogP contribution in [0.4, 0.5) is 0 Å². The molecule has 0 saturated carbocycles. The van der Waals surface area contributed by atoms with E-state index in [-0.39, 0.29) is 13.1 Å². The average Bonchev–Trinajstić information content (AvgIpc) is 2.29. The molecule has 100 valence electrons. The molecule has 0 saturated heterocycles. The van der Waals surface area contributed by atoms with Gasteiger partial charge >= 0.3 is 7.60 Å². The van der Waals surface area contributed by atoms with Crippen molar-refractivity contribution in [3.63, 3.8) is 0 Å². The predicted octanol–water partition coefficient (Wildman–Crippen LogP) is 3.39. The molecule has 18 heavy (non-hydrogen) atoms. The Morgan fingerprint density at radius 2 is 2.00 bits per heavy atom. The third kappa shape index (κ3) is 5.36. The van der Waals surface area contributed by atoms with Crippen LogP contribution in [-0.2, 0) is 18.6 Å². The van der Waals surface area contributed by atoms with Crippen LogP contribution in [0.2, 0.25) is 0 Å². The minimum atomic E-state index is -3.39. The molecule has 0 spiro atoms. The molecule has 0 radical (unpaired) electrons. The Morgan fingerprint density at radius 1 is 1.33 bits per heavy atom. The van der Waals surface area contributed by atoms with Crippen molar-refractivity contribution in [3.05, 3.63) is 42.7 Å². The molecule has 0 fully saturated rings. The van der Waals surface area contributed by atoms with E-state index in [4.69, 9.17) is 18.5 Å². The van der Waals surface area contributed by atoms with Crippen molar-refractivity contribution < 1.29 is 23.1 Å². The summed E-state index contributed by atoms with van der Waals surface area (Å²) in [4.78, 5) is 0. The fraction of sp³-hybridized carbons (Fsp3) is 0.333. The Hall–Kier alpha value is -1.29. The van der Waals surface area contributed by atoms with Crippen molar-refractivity contribution in [2.75, 3.05) is 20.3 Å². The van der Waals surface area contributed by atoms with Crippen molar-refractivity contribution in [2.45, 2.75) is 6.92 Å². The molecule has 0 amide bonds. The van der Waals surface area contributed by atoms with E-state index in [1.165, 1.54) is 7.11 Å². The summed E-state index contributed by atoms with van der Waals surface area (Å²) in [5.41, 5.74) is 0. The van der Waals surface area contributed by atoms with Crippen molar-refractivity contribution in [2.24, 2.45) is 0 Å². The first kappa shape index (κ1) is 14.8. The summed E-state index contributed by atoms with van der Waals surface area (Å²) in [6.07, 6.45) is -0.151. The van der Waals surface area contributed by atoms with Crippen LogP contribution in [0, 0.1) is 0 Å². The van der Waals surface area contributed by atoms with Gasteiger partial charge in [0.15, 0.2) is 13.1 Å². The Kier molecular flexibility index (Phi) is 5.92. The number of ether oxygens (including phenoxy) is 2. The first-order chi connectivity index (χ1) is 8.56. The van der Waals surface area contributed by atoms with E-state index in [1.807, 2.05) is 6.07 Å². The van der Waals surface area contributed by atoms with Gasteiger partial charge in [-0.25, -0.2) is 4.57 Å². The second-order valence-electron chi connectivity index (χ2n) is 3.53. The highest BCUT2D eigenvalue weighted by Gasteiger charge is 2.26. The van der Waals surface area contributed by atoms with Gasteiger partial charge in [-0.3, -0.25) is 4.52 Å². The molecule has 0 bridgehead atoms. The summed E-state index contributed by atoms with van der Waals surface area (Å²) in [6.45, 7) is 5.02. The zero-order valence-corrected chi connectivity index (χ0v) is 11.4. The largest absolute Gasteiger partial charge is 0.472 e. The van der Waals surface area contributed by atoms with Gasteiger partial charge < -0.3 is 14.0 Å². The third-order valence-corrected chi connectivity index (χ3v) is 3.39. The Bertz CT molecular complexity index is 418. The highest BCUT2D eigenvalue weighted by molar-refractivity contribution is 7.54. The topological polar surface area (TPSA) is 54.0 Å². The van der Waals surface area contributed by atoms with Gasteiger partial charge in [-0.15, -0.1) is 0 Å². The van der Waals surface area contributed by atoms with E-state index < -0.39 is 7.60 Å². The minimum absolute atomic E-state index is 0.151. The highest BCUT2D eigenvalue weighted by Crippen LogP contribution is 2.48. The summed E-state index contributed by atoms with van der Waals surface area (Å²) < 4.78 is 32.6. The number of hydrogen-bond acceptors (Lipinski definition) is 5. The van der Waals surface area contributed by atoms with Crippen LogP contribution in [0.25, 0.3) is 0 Å². The monoisotopic (exact) mass is 272 g/mol. The van der Waals surface area contributed by atoms with E-state index >= 15 is 0 Å². The minimum Gasteiger partial charge on any atom is -0.472 e. The Morgan fingerprint density at radius 3 is 2.56 bits per heavy atom. The molecule has 1 aromatic carbocycles. The lowest BCUT2D eigenvalue weighted by Gasteiger charge is -2.18. The molecule has 6 heteroatoms. The number of hydrogen-bond donors (Lipinski definition) is 0. The van der Waals surface area contributed by atoms with Gasteiger partial charge in [0.05, 0.1) is 5.76 Å². The first-order valence-electron chi connectivity index (χ1n) is 5.31. The maximum Gasteiger partial charge on any atom is 0.407 e.